The second-order valence-corrected chi connectivity index (χ2v) is 10.3. The summed E-state index contributed by atoms with van der Waals surface area (Å²) in [4.78, 5) is 39.2. The highest BCUT2D eigenvalue weighted by molar-refractivity contribution is 6.25. The minimum Gasteiger partial charge on any atom is -0.508 e. The lowest BCUT2D eigenvalue weighted by Gasteiger charge is -2.34. The second kappa shape index (κ2) is 9.76. The van der Waals surface area contributed by atoms with E-state index in [1.807, 2.05) is 48.5 Å². The molecule has 0 saturated carbocycles. The van der Waals surface area contributed by atoms with Crippen molar-refractivity contribution in [3.05, 3.63) is 88.7 Å². The molecule has 1 aliphatic rings. The molecule has 4 N–H and O–H groups in total. The van der Waals surface area contributed by atoms with Gasteiger partial charge in [0.05, 0.1) is 16.5 Å². The van der Waals surface area contributed by atoms with Crippen molar-refractivity contribution in [3.8, 4) is 17.0 Å². The minimum atomic E-state index is -0.312. The van der Waals surface area contributed by atoms with Crippen LogP contribution in [0.25, 0.3) is 44.0 Å². The Bertz CT molecular complexity index is 1990. The number of para-hydroxylation sites is 1. The molecular weight excluding hydrogens is 518 g/mol. The van der Waals surface area contributed by atoms with E-state index in [2.05, 4.69) is 37.3 Å². The number of likely N-dealkylation sites (N-methyl/N-ethyl adjacent to an activating group) is 1. The predicted molar refractivity (Wildman–Crippen MR) is 161 cm³/mol. The normalized spacial score (nSPS) is 14.2. The Morgan fingerprint density at radius 1 is 0.902 bits per heavy atom. The molecule has 6 aromatic rings. The van der Waals surface area contributed by atoms with Crippen LogP contribution >= 0.6 is 0 Å². The number of benzene rings is 3. The van der Waals surface area contributed by atoms with Gasteiger partial charge in [0.25, 0.3) is 11.5 Å². The molecule has 0 aliphatic carbocycles. The van der Waals surface area contributed by atoms with Crippen LogP contribution in [0.3, 0.4) is 0 Å². The SMILES string of the molecule is CN1CCN(c2ccc(C(=O)Nc3n[nH]c4nc(-c5ccc(O)cc5)c5c(=O)[nH]c6ccccc6c5c34)cc2)CC1. The highest BCUT2D eigenvalue weighted by atomic mass is 16.3. The van der Waals surface area contributed by atoms with Gasteiger partial charge in [-0.05, 0) is 61.6 Å². The van der Waals surface area contributed by atoms with E-state index in [4.69, 9.17) is 4.98 Å². The third-order valence-corrected chi connectivity index (χ3v) is 7.75. The van der Waals surface area contributed by atoms with Gasteiger partial charge >= 0.3 is 0 Å². The Morgan fingerprint density at radius 2 is 1.63 bits per heavy atom. The number of piperazine rings is 1. The molecule has 4 heterocycles. The van der Waals surface area contributed by atoms with Gasteiger partial charge in [-0.3, -0.25) is 14.7 Å². The van der Waals surface area contributed by atoms with E-state index in [0.717, 1.165) is 37.3 Å². The van der Waals surface area contributed by atoms with Gasteiger partial charge < -0.3 is 25.2 Å². The molecule has 1 fully saturated rings. The minimum absolute atomic E-state index is 0.113. The van der Waals surface area contributed by atoms with Crippen LogP contribution in [-0.4, -0.2) is 69.3 Å². The lowest BCUT2D eigenvalue weighted by atomic mass is 9.99. The second-order valence-electron chi connectivity index (χ2n) is 10.3. The molecule has 1 aliphatic heterocycles. The van der Waals surface area contributed by atoms with Crippen LogP contribution in [-0.2, 0) is 0 Å². The van der Waals surface area contributed by atoms with Crippen LogP contribution in [0.2, 0.25) is 0 Å². The molecule has 0 atom stereocenters. The monoisotopic (exact) mass is 545 g/mol. The van der Waals surface area contributed by atoms with E-state index in [1.165, 1.54) is 0 Å². The highest BCUT2D eigenvalue weighted by Gasteiger charge is 2.22. The molecule has 41 heavy (non-hydrogen) atoms. The number of aromatic amines is 2. The quantitative estimate of drug-likeness (QED) is 0.243. The molecule has 0 bridgehead atoms. The summed E-state index contributed by atoms with van der Waals surface area (Å²) < 4.78 is 0. The van der Waals surface area contributed by atoms with Gasteiger partial charge in [-0.25, -0.2) is 4.98 Å². The number of H-pyrrole nitrogens is 2. The number of aromatic hydroxyl groups is 1. The summed E-state index contributed by atoms with van der Waals surface area (Å²) in [5, 5.41) is 22.5. The summed E-state index contributed by atoms with van der Waals surface area (Å²) in [6.45, 7) is 3.89. The fourth-order valence-electron chi connectivity index (χ4n) is 5.53. The Balaban J connectivity index is 1.33. The maximum atomic E-state index is 13.5. The summed E-state index contributed by atoms with van der Waals surface area (Å²) in [5.41, 5.74) is 3.47. The number of rotatable bonds is 4. The number of pyridine rings is 2. The number of nitrogens with zero attached hydrogens (tertiary/aromatic N) is 4. The number of carbonyl (C=O) groups excluding carboxylic acids is 1. The topological polar surface area (TPSA) is 130 Å². The van der Waals surface area contributed by atoms with Crippen molar-refractivity contribution < 1.29 is 9.90 Å². The largest absolute Gasteiger partial charge is 0.508 e. The molecule has 3 aromatic carbocycles. The number of aromatic nitrogens is 4. The maximum absolute atomic E-state index is 13.5. The van der Waals surface area contributed by atoms with Crippen LogP contribution in [0.1, 0.15) is 10.4 Å². The average Bonchev–Trinajstić information content (AvgIpc) is 3.40. The van der Waals surface area contributed by atoms with Crippen molar-refractivity contribution in [3.63, 3.8) is 0 Å². The van der Waals surface area contributed by atoms with Gasteiger partial charge in [-0.2, -0.15) is 5.10 Å². The van der Waals surface area contributed by atoms with Crippen LogP contribution in [0.4, 0.5) is 11.5 Å². The Morgan fingerprint density at radius 3 is 2.39 bits per heavy atom. The Labute approximate surface area is 234 Å². The highest BCUT2D eigenvalue weighted by Crippen LogP contribution is 2.37. The number of anilines is 2. The molecule has 0 spiro atoms. The number of amides is 1. The summed E-state index contributed by atoms with van der Waals surface area (Å²) in [5.74, 6) is 0.0912. The molecule has 3 aromatic heterocycles. The van der Waals surface area contributed by atoms with Gasteiger partial charge in [-0.1, -0.05) is 18.2 Å². The van der Waals surface area contributed by atoms with E-state index < -0.39 is 0 Å². The Kier molecular flexibility index (Phi) is 5.90. The first-order chi connectivity index (χ1) is 20.0. The molecule has 1 saturated heterocycles. The van der Waals surface area contributed by atoms with Crippen molar-refractivity contribution >= 4 is 50.1 Å². The fraction of sp³-hybridized carbons (Fsp3) is 0.161. The zero-order valence-electron chi connectivity index (χ0n) is 22.3. The summed E-state index contributed by atoms with van der Waals surface area (Å²) in [6, 6.07) is 21.6. The van der Waals surface area contributed by atoms with Crippen LogP contribution in [0, 0.1) is 0 Å². The molecule has 0 unspecified atom stereocenters. The molecule has 1 amide bonds. The zero-order chi connectivity index (χ0) is 28.1. The van der Waals surface area contributed by atoms with Gasteiger partial charge in [0.1, 0.15) is 5.75 Å². The number of carbonyl (C=O) groups is 1. The standard InChI is InChI=1S/C31H27N7O3/c1-37-14-16-38(17-15-37)20-10-6-19(7-11-20)30(40)34-29-26-24-22-4-2-3-5-23(22)32-31(41)25(24)27(33-28(26)35-36-29)18-8-12-21(39)13-9-18/h2-13,39H,14-17H2,1H3,(H,32,41)(H2,33,34,35,36,40). The first kappa shape index (κ1) is 24.8. The first-order valence-corrected chi connectivity index (χ1v) is 13.4. The molecular formula is C31H27N7O3. The molecule has 10 heteroatoms. The predicted octanol–water partition coefficient (Wildman–Crippen LogP) is 4.33. The lowest BCUT2D eigenvalue weighted by molar-refractivity contribution is 0.102. The third kappa shape index (κ3) is 4.34. The number of hydrogen-bond donors (Lipinski definition) is 4. The number of phenolic OH excluding ortho intramolecular Hbond substituents is 1. The van der Waals surface area contributed by atoms with Crippen molar-refractivity contribution in [1.29, 1.82) is 0 Å². The van der Waals surface area contributed by atoms with Gasteiger partial charge in [0, 0.05) is 59.3 Å². The van der Waals surface area contributed by atoms with Crippen LogP contribution in [0.5, 0.6) is 5.75 Å². The molecule has 0 radical (unpaired) electrons. The van der Waals surface area contributed by atoms with Crippen molar-refractivity contribution in [1.82, 2.24) is 25.1 Å². The number of phenols is 1. The van der Waals surface area contributed by atoms with Gasteiger partial charge in [-0.15, -0.1) is 0 Å². The van der Waals surface area contributed by atoms with Gasteiger partial charge in [0.15, 0.2) is 11.5 Å². The van der Waals surface area contributed by atoms with Crippen molar-refractivity contribution in [2.75, 3.05) is 43.4 Å². The van der Waals surface area contributed by atoms with Crippen LogP contribution in [0.15, 0.2) is 77.6 Å². The zero-order valence-corrected chi connectivity index (χ0v) is 22.3. The summed E-state index contributed by atoms with van der Waals surface area (Å²) in [7, 11) is 2.12. The molecule has 204 valence electrons. The maximum Gasteiger partial charge on any atom is 0.258 e. The Hall–Kier alpha value is -5.22. The number of nitrogens with one attached hydrogen (secondary N) is 3. The summed E-state index contributed by atoms with van der Waals surface area (Å²) in [6.07, 6.45) is 0. The number of hydrogen-bond acceptors (Lipinski definition) is 7. The third-order valence-electron chi connectivity index (χ3n) is 7.75. The average molecular weight is 546 g/mol. The first-order valence-electron chi connectivity index (χ1n) is 13.4. The lowest BCUT2D eigenvalue weighted by Crippen LogP contribution is -2.44. The smallest absolute Gasteiger partial charge is 0.258 e. The van der Waals surface area contributed by atoms with E-state index in [9.17, 15) is 14.7 Å². The van der Waals surface area contributed by atoms with Gasteiger partial charge in [0.2, 0.25) is 0 Å². The summed E-state index contributed by atoms with van der Waals surface area (Å²) >= 11 is 0. The molecule has 10 nitrogen and oxygen atoms in total. The van der Waals surface area contributed by atoms with E-state index >= 15 is 0 Å². The van der Waals surface area contributed by atoms with E-state index in [0.29, 0.717) is 50.0 Å². The van der Waals surface area contributed by atoms with E-state index in [-0.39, 0.29) is 17.2 Å². The number of fused-ring (bicyclic) bond motifs is 5. The van der Waals surface area contributed by atoms with E-state index in [1.54, 1.807) is 24.3 Å². The van der Waals surface area contributed by atoms with Crippen molar-refractivity contribution in [2.24, 2.45) is 0 Å². The van der Waals surface area contributed by atoms with Crippen molar-refractivity contribution in [2.45, 2.75) is 0 Å². The molecule has 7 rings (SSSR count). The van der Waals surface area contributed by atoms with Crippen LogP contribution < -0.4 is 15.8 Å². The fourth-order valence-corrected chi connectivity index (χ4v) is 5.53.